The first-order valence-electron chi connectivity index (χ1n) is 11.3. The first-order chi connectivity index (χ1) is 15.8. The Morgan fingerprint density at radius 3 is 2.33 bits per heavy atom. The largest absolute Gasteiger partial charge is 0.362 e. The highest BCUT2D eigenvalue weighted by Gasteiger charge is 2.21. The number of fused-ring (bicyclic) bond motifs is 1. The van der Waals surface area contributed by atoms with E-state index < -0.39 is 10.0 Å². The molecular formula is C24H32N4O4S. The minimum Gasteiger partial charge on any atom is -0.362 e. The second-order valence-corrected chi connectivity index (χ2v) is 9.92. The Kier molecular flexibility index (Phi) is 8.46. The molecule has 0 unspecified atom stereocenters. The van der Waals surface area contributed by atoms with E-state index in [-0.39, 0.29) is 29.7 Å². The lowest BCUT2D eigenvalue weighted by molar-refractivity contribution is -0.128. The topological polar surface area (TPSA) is 98.8 Å². The number of hydrogen-bond acceptors (Lipinski definition) is 5. The summed E-state index contributed by atoms with van der Waals surface area (Å²) in [5.74, 6) is -0.576. The van der Waals surface area contributed by atoms with Gasteiger partial charge in [-0.2, -0.15) is 4.31 Å². The van der Waals surface area contributed by atoms with Gasteiger partial charge in [-0.15, -0.1) is 0 Å². The van der Waals surface area contributed by atoms with Crippen LogP contribution in [0.1, 0.15) is 37.8 Å². The Labute approximate surface area is 196 Å². The minimum atomic E-state index is -3.50. The molecule has 0 aliphatic carbocycles. The molecule has 0 bridgehead atoms. The molecule has 178 valence electrons. The lowest BCUT2D eigenvalue weighted by Gasteiger charge is -2.30. The van der Waals surface area contributed by atoms with E-state index >= 15 is 0 Å². The highest BCUT2D eigenvalue weighted by atomic mass is 32.2. The van der Waals surface area contributed by atoms with Gasteiger partial charge in [0.25, 0.3) is 5.91 Å². The molecule has 2 amide bonds. The number of rotatable bonds is 9. The number of sulfonamides is 1. The Bertz CT molecular complexity index is 1070. The first kappa shape index (κ1) is 24.7. The van der Waals surface area contributed by atoms with Crippen molar-refractivity contribution >= 4 is 27.5 Å². The van der Waals surface area contributed by atoms with Crippen LogP contribution in [0.15, 0.2) is 53.4 Å². The van der Waals surface area contributed by atoms with Crippen LogP contribution < -0.4 is 15.8 Å². The fourth-order valence-electron chi connectivity index (χ4n) is 3.99. The number of para-hydroxylation sites is 1. The quantitative estimate of drug-likeness (QED) is 0.546. The summed E-state index contributed by atoms with van der Waals surface area (Å²) in [6.07, 6.45) is 2.61. The van der Waals surface area contributed by atoms with E-state index in [4.69, 9.17) is 0 Å². The summed E-state index contributed by atoms with van der Waals surface area (Å²) in [4.78, 5) is 26.7. The van der Waals surface area contributed by atoms with Crippen LogP contribution in [0.5, 0.6) is 0 Å². The Morgan fingerprint density at radius 1 is 0.970 bits per heavy atom. The van der Waals surface area contributed by atoms with E-state index in [1.807, 2.05) is 23.1 Å². The standard InChI is InChI=1S/C24H32N4O4S/c1-3-28(4-2)33(31,32)21-14-11-19(12-15-21)13-16-23(29)25-26-24(30)18-27-17-7-9-20-8-5-6-10-22(20)27/h5-6,8,10-12,14-15H,3-4,7,9,13,16-18H2,1-2H3,(H,25,29)(H,26,30). The summed E-state index contributed by atoms with van der Waals surface area (Å²) in [5, 5.41) is 0. The van der Waals surface area contributed by atoms with Crippen molar-refractivity contribution in [1.29, 1.82) is 0 Å². The fraction of sp³-hybridized carbons (Fsp3) is 0.417. The van der Waals surface area contributed by atoms with Crippen molar-refractivity contribution in [3.05, 3.63) is 59.7 Å². The number of anilines is 1. The second-order valence-electron chi connectivity index (χ2n) is 7.98. The monoisotopic (exact) mass is 472 g/mol. The average molecular weight is 473 g/mol. The Balaban J connectivity index is 1.45. The summed E-state index contributed by atoms with van der Waals surface area (Å²) < 4.78 is 26.5. The van der Waals surface area contributed by atoms with Gasteiger partial charge in [-0.25, -0.2) is 8.42 Å². The molecule has 1 aliphatic rings. The molecular weight excluding hydrogens is 440 g/mol. The van der Waals surface area contributed by atoms with Crippen molar-refractivity contribution in [2.24, 2.45) is 0 Å². The highest BCUT2D eigenvalue weighted by Crippen LogP contribution is 2.26. The van der Waals surface area contributed by atoms with Crippen LogP contribution in [-0.4, -0.2) is 50.7 Å². The molecule has 2 aromatic carbocycles. The second kappa shape index (κ2) is 11.3. The van der Waals surface area contributed by atoms with Gasteiger partial charge in [-0.3, -0.25) is 20.4 Å². The lowest BCUT2D eigenvalue weighted by Crippen LogP contribution is -2.47. The molecule has 0 saturated carbocycles. The summed E-state index contributed by atoms with van der Waals surface area (Å²) >= 11 is 0. The number of carbonyl (C=O) groups excluding carboxylic acids is 2. The normalized spacial score (nSPS) is 13.5. The SMILES string of the molecule is CCN(CC)S(=O)(=O)c1ccc(CCC(=O)NNC(=O)CN2CCCc3ccccc32)cc1. The smallest absolute Gasteiger partial charge is 0.257 e. The van der Waals surface area contributed by atoms with Gasteiger partial charge >= 0.3 is 0 Å². The summed E-state index contributed by atoms with van der Waals surface area (Å²) in [6.45, 7) is 5.42. The fourth-order valence-corrected chi connectivity index (χ4v) is 5.45. The number of hydrazine groups is 1. The molecule has 3 rings (SSSR count). The molecule has 1 heterocycles. The van der Waals surface area contributed by atoms with E-state index in [2.05, 4.69) is 16.9 Å². The van der Waals surface area contributed by atoms with Gasteiger partial charge in [-0.1, -0.05) is 44.2 Å². The third kappa shape index (κ3) is 6.33. The zero-order chi connectivity index (χ0) is 23.8. The first-order valence-corrected chi connectivity index (χ1v) is 12.8. The number of carbonyl (C=O) groups is 2. The minimum absolute atomic E-state index is 0.176. The van der Waals surface area contributed by atoms with Crippen molar-refractivity contribution in [1.82, 2.24) is 15.2 Å². The molecule has 0 aromatic heterocycles. The van der Waals surface area contributed by atoms with Crippen LogP contribution >= 0.6 is 0 Å². The van der Waals surface area contributed by atoms with Gasteiger partial charge in [0.05, 0.1) is 11.4 Å². The van der Waals surface area contributed by atoms with Crippen LogP contribution in [0.2, 0.25) is 0 Å². The molecule has 0 radical (unpaired) electrons. The van der Waals surface area contributed by atoms with Crippen molar-refractivity contribution in [3.8, 4) is 0 Å². The van der Waals surface area contributed by atoms with Crippen LogP contribution in [-0.2, 0) is 32.5 Å². The number of amides is 2. The molecule has 0 atom stereocenters. The number of nitrogens with zero attached hydrogens (tertiary/aromatic N) is 2. The Morgan fingerprint density at radius 2 is 1.64 bits per heavy atom. The van der Waals surface area contributed by atoms with Crippen molar-refractivity contribution in [3.63, 3.8) is 0 Å². The molecule has 0 saturated heterocycles. The van der Waals surface area contributed by atoms with Gasteiger partial charge in [-0.05, 0) is 48.6 Å². The van der Waals surface area contributed by atoms with Crippen LogP contribution in [0, 0.1) is 0 Å². The summed E-state index contributed by atoms with van der Waals surface area (Å²) in [6, 6.07) is 14.6. The molecule has 2 aromatic rings. The summed E-state index contributed by atoms with van der Waals surface area (Å²) in [5.41, 5.74) is 8.10. The van der Waals surface area contributed by atoms with Gasteiger partial charge in [0, 0.05) is 31.7 Å². The van der Waals surface area contributed by atoms with Crippen LogP contribution in [0.25, 0.3) is 0 Å². The average Bonchev–Trinajstić information content (AvgIpc) is 2.82. The Hall–Kier alpha value is -2.91. The molecule has 33 heavy (non-hydrogen) atoms. The maximum atomic E-state index is 12.5. The van der Waals surface area contributed by atoms with E-state index in [1.165, 1.54) is 9.87 Å². The van der Waals surface area contributed by atoms with E-state index in [1.54, 1.807) is 38.1 Å². The summed E-state index contributed by atoms with van der Waals surface area (Å²) in [7, 11) is -3.50. The van der Waals surface area contributed by atoms with E-state index in [9.17, 15) is 18.0 Å². The molecule has 9 heteroatoms. The predicted molar refractivity (Wildman–Crippen MR) is 128 cm³/mol. The predicted octanol–water partition coefficient (Wildman–Crippen LogP) is 2.25. The third-order valence-electron chi connectivity index (χ3n) is 5.79. The lowest BCUT2D eigenvalue weighted by atomic mass is 10.0. The van der Waals surface area contributed by atoms with Gasteiger partial charge in [0.1, 0.15) is 0 Å². The van der Waals surface area contributed by atoms with Crippen LogP contribution in [0.3, 0.4) is 0 Å². The van der Waals surface area contributed by atoms with Crippen LogP contribution in [0.4, 0.5) is 5.69 Å². The molecule has 0 fully saturated rings. The molecule has 2 N–H and O–H groups in total. The molecule has 8 nitrogen and oxygen atoms in total. The number of aryl methyl sites for hydroxylation is 2. The molecule has 0 spiro atoms. The van der Waals surface area contributed by atoms with Gasteiger partial charge in [0.2, 0.25) is 15.9 Å². The maximum absolute atomic E-state index is 12.5. The van der Waals surface area contributed by atoms with Gasteiger partial charge < -0.3 is 4.90 Å². The highest BCUT2D eigenvalue weighted by molar-refractivity contribution is 7.89. The number of benzene rings is 2. The van der Waals surface area contributed by atoms with E-state index in [0.717, 1.165) is 30.6 Å². The van der Waals surface area contributed by atoms with E-state index in [0.29, 0.717) is 19.5 Å². The van der Waals surface area contributed by atoms with Crippen molar-refractivity contribution in [2.75, 3.05) is 31.1 Å². The molecule has 1 aliphatic heterocycles. The van der Waals surface area contributed by atoms with Crippen molar-refractivity contribution < 1.29 is 18.0 Å². The zero-order valence-corrected chi connectivity index (χ0v) is 20.0. The zero-order valence-electron chi connectivity index (χ0n) is 19.2. The number of hydrogen-bond donors (Lipinski definition) is 2. The number of nitrogens with one attached hydrogen (secondary N) is 2. The van der Waals surface area contributed by atoms with Gasteiger partial charge in [0.15, 0.2) is 0 Å². The third-order valence-corrected chi connectivity index (χ3v) is 7.85. The maximum Gasteiger partial charge on any atom is 0.257 e. The van der Waals surface area contributed by atoms with Crippen molar-refractivity contribution in [2.45, 2.75) is 44.4 Å².